The van der Waals surface area contributed by atoms with Crippen LogP contribution in [-0.4, -0.2) is 67.1 Å². The van der Waals surface area contributed by atoms with Crippen molar-refractivity contribution in [2.75, 3.05) is 31.1 Å². The fourth-order valence-electron chi connectivity index (χ4n) is 4.70. The van der Waals surface area contributed by atoms with Crippen molar-refractivity contribution in [1.29, 1.82) is 0 Å². The number of aryl methyl sites for hydroxylation is 1. The van der Waals surface area contributed by atoms with Crippen LogP contribution in [0.5, 0.6) is 23.4 Å². The zero-order valence-corrected chi connectivity index (χ0v) is 22.7. The van der Waals surface area contributed by atoms with E-state index in [4.69, 9.17) is 26.1 Å². The monoisotopic (exact) mass is 574 g/mol. The number of nitrogens with zero attached hydrogens (tertiary/aromatic N) is 7. The van der Waals surface area contributed by atoms with Crippen LogP contribution in [0.3, 0.4) is 0 Å². The lowest BCUT2D eigenvalue weighted by atomic mass is 10.2. The third-order valence-corrected chi connectivity index (χ3v) is 7.14. The number of carbonyl (C=O) groups excluding carboxylic acids is 1. The number of hydrogen-bond acceptors (Lipinski definition) is 9. The first-order chi connectivity index (χ1) is 20.0. The van der Waals surface area contributed by atoms with Gasteiger partial charge in [0.2, 0.25) is 11.8 Å². The van der Waals surface area contributed by atoms with Crippen molar-refractivity contribution in [3.63, 3.8) is 0 Å². The molecule has 13 heteroatoms. The number of benzene rings is 1. The molecule has 5 heterocycles. The molecule has 4 aromatic heterocycles. The molecule has 0 unspecified atom stereocenters. The summed E-state index contributed by atoms with van der Waals surface area (Å²) >= 11 is 6.33. The molecule has 0 saturated carbocycles. The Balaban J connectivity index is 1.47. The number of H-pyrrole nitrogens is 1. The van der Waals surface area contributed by atoms with Crippen molar-refractivity contribution < 1.29 is 18.7 Å². The summed E-state index contributed by atoms with van der Waals surface area (Å²) in [5.41, 5.74) is 1.49. The van der Waals surface area contributed by atoms with Gasteiger partial charge in [0.25, 0.3) is 0 Å². The van der Waals surface area contributed by atoms with Gasteiger partial charge in [0.05, 0.1) is 28.2 Å². The average Bonchev–Trinajstić information content (AvgIpc) is 3.47. The third kappa shape index (κ3) is 4.97. The van der Waals surface area contributed by atoms with Gasteiger partial charge in [-0.15, -0.1) is 0 Å². The second-order valence-corrected chi connectivity index (χ2v) is 9.58. The molecule has 1 N–H and O–H groups in total. The number of amides is 1. The van der Waals surface area contributed by atoms with Gasteiger partial charge in [0.1, 0.15) is 22.2 Å². The van der Waals surface area contributed by atoms with Crippen molar-refractivity contribution >= 4 is 45.1 Å². The van der Waals surface area contributed by atoms with Crippen molar-refractivity contribution in [3.8, 4) is 23.4 Å². The van der Waals surface area contributed by atoms with Gasteiger partial charge in [0.15, 0.2) is 11.5 Å². The van der Waals surface area contributed by atoms with Crippen LogP contribution in [0.1, 0.15) is 12.6 Å². The quantitative estimate of drug-likeness (QED) is 0.265. The Bertz CT molecular complexity index is 1790. The molecule has 0 atom stereocenters. The number of fused-ring (bicyclic) bond motifs is 2. The van der Waals surface area contributed by atoms with E-state index in [1.807, 2.05) is 11.8 Å². The summed E-state index contributed by atoms with van der Waals surface area (Å²) in [6, 6.07) is 6.63. The number of hydrogen-bond donors (Lipinski definition) is 1. The zero-order valence-electron chi connectivity index (χ0n) is 22.0. The van der Waals surface area contributed by atoms with Crippen molar-refractivity contribution in [3.05, 3.63) is 72.0 Å². The molecule has 1 aliphatic heterocycles. The first kappa shape index (κ1) is 26.4. The van der Waals surface area contributed by atoms with Gasteiger partial charge in [-0.25, -0.2) is 9.37 Å². The lowest BCUT2D eigenvalue weighted by molar-refractivity contribution is -0.126. The molecule has 0 aliphatic carbocycles. The van der Waals surface area contributed by atoms with Crippen LogP contribution in [0.25, 0.3) is 21.8 Å². The molecule has 1 aromatic carbocycles. The minimum Gasteiger partial charge on any atom is -0.434 e. The Kier molecular flexibility index (Phi) is 7.06. The van der Waals surface area contributed by atoms with Gasteiger partial charge in [-0.2, -0.15) is 15.1 Å². The highest BCUT2D eigenvalue weighted by Gasteiger charge is 2.25. The maximum absolute atomic E-state index is 14.6. The molecular weight excluding hydrogens is 551 g/mol. The minimum atomic E-state index is -0.673. The number of aromatic amines is 1. The van der Waals surface area contributed by atoms with E-state index in [0.717, 1.165) is 5.69 Å². The van der Waals surface area contributed by atoms with Crippen LogP contribution in [-0.2, 0) is 11.2 Å². The summed E-state index contributed by atoms with van der Waals surface area (Å²) in [5, 5.41) is 7.60. The third-order valence-electron chi connectivity index (χ3n) is 6.78. The van der Waals surface area contributed by atoms with Gasteiger partial charge < -0.3 is 19.3 Å². The van der Waals surface area contributed by atoms with E-state index < -0.39 is 5.82 Å². The number of halogens is 2. The molecule has 1 saturated heterocycles. The largest absolute Gasteiger partial charge is 0.434 e. The Morgan fingerprint density at radius 1 is 1.15 bits per heavy atom. The highest BCUT2D eigenvalue weighted by molar-refractivity contribution is 6.33. The van der Waals surface area contributed by atoms with E-state index in [2.05, 4.69) is 31.7 Å². The van der Waals surface area contributed by atoms with E-state index in [9.17, 15) is 9.18 Å². The van der Waals surface area contributed by atoms with Gasteiger partial charge in [-0.3, -0.25) is 14.9 Å². The van der Waals surface area contributed by atoms with Crippen LogP contribution in [0.2, 0.25) is 5.02 Å². The van der Waals surface area contributed by atoms with E-state index >= 15 is 0 Å². The van der Waals surface area contributed by atoms with E-state index in [-0.39, 0.29) is 28.6 Å². The van der Waals surface area contributed by atoms with Crippen molar-refractivity contribution in [2.24, 2.45) is 0 Å². The fraction of sp³-hybridized carbons (Fsp3) is 0.214. The summed E-state index contributed by atoms with van der Waals surface area (Å²) < 4.78 is 26.9. The number of anilines is 1. The second-order valence-electron chi connectivity index (χ2n) is 9.20. The predicted molar refractivity (Wildman–Crippen MR) is 151 cm³/mol. The maximum Gasteiger partial charge on any atom is 0.324 e. The fourth-order valence-corrected chi connectivity index (χ4v) is 4.90. The molecule has 0 spiro atoms. The first-order valence-electron chi connectivity index (χ1n) is 12.9. The number of piperazine rings is 1. The summed E-state index contributed by atoms with van der Waals surface area (Å²) in [6.07, 6.45) is 6.69. The van der Waals surface area contributed by atoms with Crippen LogP contribution < -0.4 is 14.4 Å². The van der Waals surface area contributed by atoms with Gasteiger partial charge in [0, 0.05) is 44.6 Å². The number of pyridine rings is 2. The molecule has 11 nitrogen and oxygen atoms in total. The van der Waals surface area contributed by atoms with Gasteiger partial charge >= 0.3 is 6.01 Å². The molecule has 0 radical (unpaired) electrons. The SMILES string of the molecule is C=CC(=O)N1CCN(c2nc(Oc3cccnc3CC)nc3c(Oc4c(Cl)c(F)cc5[nH]ncc45)nccc23)CC1. The number of rotatable bonds is 7. The summed E-state index contributed by atoms with van der Waals surface area (Å²) in [7, 11) is 0. The van der Waals surface area contributed by atoms with Crippen LogP contribution in [0, 0.1) is 5.82 Å². The number of carbonyl (C=O) groups is 1. The average molecular weight is 575 g/mol. The smallest absolute Gasteiger partial charge is 0.324 e. The zero-order chi connectivity index (χ0) is 28.5. The second kappa shape index (κ2) is 11.0. The molecule has 208 valence electrons. The summed E-state index contributed by atoms with van der Waals surface area (Å²) in [4.78, 5) is 34.1. The van der Waals surface area contributed by atoms with Crippen LogP contribution in [0.4, 0.5) is 10.2 Å². The maximum atomic E-state index is 14.6. The van der Waals surface area contributed by atoms with E-state index in [0.29, 0.717) is 66.0 Å². The first-order valence-corrected chi connectivity index (χ1v) is 13.3. The molecule has 5 aromatic rings. The minimum absolute atomic E-state index is 0.0510. The van der Waals surface area contributed by atoms with Crippen molar-refractivity contribution in [2.45, 2.75) is 13.3 Å². The summed E-state index contributed by atoms with van der Waals surface area (Å²) in [6.45, 7) is 7.56. The van der Waals surface area contributed by atoms with Gasteiger partial charge in [-0.05, 0) is 30.7 Å². The number of ether oxygens (including phenoxy) is 2. The lowest BCUT2D eigenvalue weighted by Crippen LogP contribution is -2.48. The molecule has 1 amide bonds. The molecular formula is C28H24ClFN8O3. The Morgan fingerprint density at radius 2 is 1.98 bits per heavy atom. The Labute approximate surface area is 238 Å². The van der Waals surface area contributed by atoms with E-state index in [1.54, 1.807) is 35.5 Å². The van der Waals surface area contributed by atoms with Gasteiger partial charge in [-0.1, -0.05) is 25.1 Å². The topological polar surface area (TPSA) is 122 Å². The number of nitrogens with one attached hydrogen (secondary N) is 1. The molecule has 1 aliphatic rings. The highest BCUT2D eigenvalue weighted by atomic mass is 35.5. The normalized spacial score (nSPS) is 13.5. The van der Waals surface area contributed by atoms with Crippen molar-refractivity contribution in [1.82, 2.24) is 35.0 Å². The summed E-state index contributed by atoms with van der Waals surface area (Å²) in [5.74, 6) is 0.421. The highest BCUT2D eigenvalue weighted by Crippen LogP contribution is 2.40. The Hall–Kier alpha value is -4.84. The molecule has 1 fully saturated rings. The van der Waals surface area contributed by atoms with Crippen LogP contribution >= 0.6 is 11.6 Å². The predicted octanol–water partition coefficient (Wildman–Crippen LogP) is 5.07. The molecule has 41 heavy (non-hydrogen) atoms. The molecule has 0 bridgehead atoms. The van der Waals surface area contributed by atoms with E-state index in [1.165, 1.54) is 18.3 Å². The standard InChI is InChI=1S/C28H24ClFN8O3/c1-3-19-21(6-5-8-31-19)40-28-34-24-16(26(35-28)38-12-10-37(11-13-38)22(39)4-2)7-9-32-27(24)41-25-17-15-33-36-20(17)14-18(30)23(25)29/h4-9,14-15H,2-3,10-13H2,1H3,(H,33,36). The number of aromatic nitrogens is 6. The molecule has 6 rings (SSSR count). The lowest BCUT2D eigenvalue weighted by Gasteiger charge is -2.35. The van der Waals surface area contributed by atoms with Crippen LogP contribution in [0.15, 0.2) is 55.5 Å². The Morgan fingerprint density at radius 3 is 2.76 bits per heavy atom.